The van der Waals surface area contributed by atoms with E-state index in [1.54, 1.807) is 25.1 Å². The minimum atomic E-state index is -0.486. The van der Waals surface area contributed by atoms with Crippen molar-refractivity contribution in [1.29, 1.82) is 0 Å². The Labute approximate surface area is 156 Å². The van der Waals surface area contributed by atoms with Gasteiger partial charge in [-0.3, -0.25) is 0 Å². The van der Waals surface area contributed by atoms with E-state index < -0.39 is 6.04 Å². The number of halogens is 1. The van der Waals surface area contributed by atoms with Gasteiger partial charge in [0.1, 0.15) is 12.1 Å². The smallest absolute Gasteiger partial charge is 0.350 e. The summed E-state index contributed by atoms with van der Waals surface area (Å²) < 4.78 is 16.8. The van der Waals surface area contributed by atoms with Crippen LogP contribution in [0.4, 0.5) is 10.1 Å². The van der Waals surface area contributed by atoms with Crippen LogP contribution in [0, 0.1) is 5.82 Å². The number of rotatable bonds is 4. The number of anilines is 1. The maximum atomic E-state index is 14.0. The first-order chi connectivity index (χ1) is 13.1. The molecule has 0 spiro atoms. The first-order valence-electron chi connectivity index (χ1n) is 9.12. The van der Waals surface area contributed by atoms with E-state index in [0.29, 0.717) is 5.56 Å². The summed E-state index contributed by atoms with van der Waals surface area (Å²) in [7, 11) is 0. The van der Waals surface area contributed by atoms with Crippen LogP contribution < -0.4 is 15.9 Å². The lowest BCUT2D eigenvalue weighted by molar-refractivity contribution is 0.506. The summed E-state index contributed by atoms with van der Waals surface area (Å²) in [4.78, 5) is 15.1. The van der Waals surface area contributed by atoms with E-state index in [0.717, 1.165) is 37.6 Å². The van der Waals surface area contributed by atoms with Crippen molar-refractivity contribution in [3.63, 3.8) is 0 Å². The summed E-state index contributed by atoms with van der Waals surface area (Å²) >= 11 is 0. The molecule has 1 aromatic heterocycles. The summed E-state index contributed by atoms with van der Waals surface area (Å²) in [5.74, 6) is -0.341. The Morgan fingerprint density at radius 3 is 2.41 bits per heavy atom. The summed E-state index contributed by atoms with van der Waals surface area (Å²) in [6, 6.07) is 13.8. The average Bonchev–Trinajstić information content (AvgIpc) is 3.10. The van der Waals surface area contributed by atoms with Gasteiger partial charge in [0, 0.05) is 37.4 Å². The van der Waals surface area contributed by atoms with Crippen molar-refractivity contribution in [3.8, 4) is 5.69 Å². The quantitative estimate of drug-likeness (QED) is 0.768. The van der Waals surface area contributed by atoms with Crippen LogP contribution in [0.3, 0.4) is 0 Å². The van der Waals surface area contributed by atoms with E-state index in [1.165, 1.54) is 21.6 Å². The van der Waals surface area contributed by atoms with E-state index in [2.05, 4.69) is 15.3 Å². The molecule has 0 saturated carbocycles. The molecule has 140 valence electrons. The molecule has 0 aliphatic carbocycles. The van der Waals surface area contributed by atoms with Gasteiger partial charge in [0.25, 0.3) is 0 Å². The molecule has 27 heavy (non-hydrogen) atoms. The van der Waals surface area contributed by atoms with E-state index in [4.69, 9.17) is 0 Å². The summed E-state index contributed by atoms with van der Waals surface area (Å²) in [5.41, 5.74) is 2.03. The number of aromatic nitrogens is 3. The second-order valence-electron chi connectivity index (χ2n) is 6.68. The Morgan fingerprint density at radius 2 is 1.70 bits per heavy atom. The highest BCUT2D eigenvalue weighted by Crippen LogP contribution is 2.20. The summed E-state index contributed by atoms with van der Waals surface area (Å²) in [6.07, 6.45) is 1.49. The van der Waals surface area contributed by atoms with E-state index in [-0.39, 0.29) is 11.5 Å². The Morgan fingerprint density at radius 1 is 1.04 bits per heavy atom. The average molecular weight is 367 g/mol. The van der Waals surface area contributed by atoms with Gasteiger partial charge >= 0.3 is 5.69 Å². The lowest BCUT2D eigenvalue weighted by Crippen LogP contribution is -2.43. The number of piperazine rings is 1. The molecule has 1 N–H and O–H groups in total. The van der Waals surface area contributed by atoms with Gasteiger partial charge in [-0.2, -0.15) is 5.10 Å². The fourth-order valence-electron chi connectivity index (χ4n) is 3.45. The molecule has 1 fully saturated rings. The first-order valence-corrected chi connectivity index (χ1v) is 9.12. The predicted octanol–water partition coefficient (Wildman–Crippen LogP) is 2.19. The zero-order valence-electron chi connectivity index (χ0n) is 15.2. The Hall–Kier alpha value is -2.93. The van der Waals surface area contributed by atoms with Crippen molar-refractivity contribution < 1.29 is 4.39 Å². The van der Waals surface area contributed by atoms with Crippen LogP contribution in [-0.2, 0) is 0 Å². The minimum Gasteiger partial charge on any atom is -0.369 e. The van der Waals surface area contributed by atoms with Crippen molar-refractivity contribution in [2.45, 2.75) is 13.0 Å². The van der Waals surface area contributed by atoms with Gasteiger partial charge in [-0.15, -0.1) is 0 Å². The van der Waals surface area contributed by atoms with Crippen LogP contribution in [0.5, 0.6) is 0 Å². The lowest BCUT2D eigenvalue weighted by Gasteiger charge is -2.29. The molecule has 4 rings (SSSR count). The van der Waals surface area contributed by atoms with Gasteiger partial charge in [-0.25, -0.2) is 18.4 Å². The number of nitrogens with zero attached hydrogens (tertiary/aromatic N) is 4. The van der Waals surface area contributed by atoms with Crippen molar-refractivity contribution in [2.24, 2.45) is 0 Å². The summed E-state index contributed by atoms with van der Waals surface area (Å²) in [6.45, 7) is 5.66. The van der Waals surface area contributed by atoms with Crippen LogP contribution in [0.2, 0.25) is 0 Å². The van der Waals surface area contributed by atoms with Crippen LogP contribution >= 0.6 is 0 Å². The highest BCUT2D eigenvalue weighted by Gasteiger charge is 2.18. The SMILES string of the molecule is CC(c1ccccc1F)n1ncn(-c2ccc(N3CCNCC3)cc2)c1=O. The highest BCUT2D eigenvalue weighted by molar-refractivity contribution is 5.51. The van der Waals surface area contributed by atoms with Gasteiger partial charge < -0.3 is 10.2 Å². The Kier molecular flexibility index (Phi) is 4.77. The largest absolute Gasteiger partial charge is 0.369 e. The zero-order valence-corrected chi connectivity index (χ0v) is 15.2. The van der Waals surface area contributed by atoms with Gasteiger partial charge in [0.05, 0.1) is 11.7 Å². The fraction of sp³-hybridized carbons (Fsp3) is 0.300. The second kappa shape index (κ2) is 7.36. The maximum Gasteiger partial charge on any atom is 0.350 e. The molecule has 1 aliphatic heterocycles. The van der Waals surface area contributed by atoms with Crippen LogP contribution in [-0.4, -0.2) is 40.5 Å². The Balaban J connectivity index is 1.60. The third kappa shape index (κ3) is 3.38. The highest BCUT2D eigenvalue weighted by atomic mass is 19.1. The van der Waals surface area contributed by atoms with Crippen molar-refractivity contribution in [1.82, 2.24) is 19.7 Å². The summed E-state index contributed by atoms with van der Waals surface area (Å²) in [5, 5.41) is 7.54. The van der Waals surface area contributed by atoms with E-state index in [1.807, 2.05) is 24.3 Å². The van der Waals surface area contributed by atoms with Crippen molar-refractivity contribution >= 4 is 5.69 Å². The molecule has 1 saturated heterocycles. The first kappa shape index (κ1) is 17.5. The molecular formula is C20H22FN5O. The normalized spacial score (nSPS) is 15.7. The number of hydrogen-bond acceptors (Lipinski definition) is 4. The lowest BCUT2D eigenvalue weighted by atomic mass is 10.1. The number of nitrogens with one attached hydrogen (secondary N) is 1. The minimum absolute atomic E-state index is 0.291. The molecule has 2 aromatic carbocycles. The second-order valence-corrected chi connectivity index (χ2v) is 6.68. The topological polar surface area (TPSA) is 55.1 Å². The van der Waals surface area contributed by atoms with Crippen LogP contribution in [0.25, 0.3) is 5.69 Å². The molecule has 1 aliphatic rings. The van der Waals surface area contributed by atoms with Gasteiger partial charge in [-0.05, 0) is 37.3 Å². The molecule has 0 bridgehead atoms. The molecule has 0 radical (unpaired) electrons. The molecule has 1 unspecified atom stereocenters. The maximum absolute atomic E-state index is 14.0. The van der Waals surface area contributed by atoms with Gasteiger partial charge in [0.2, 0.25) is 0 Å². The fourth-order valence-corrected chi connectivity index (χ4v) is 3.45. The molecular weight excluding hydrogens is 345 g/mol. The van der Waals surface area contributed by atoms with Gasteiger partial charge in [0.15, 0.2) is 0 Å². The molecule has 3 aromatic rings. The van der Waals surface area contributed by atoms with E-state index in [9.17, 15) is 9.18 Å². The molecule has 2 heterocycles. The van der Waals surface area contributed by atoms with Crippen LogP contribution in [0.1, 0.15) is 18.5 Å². The third-order valence-corrected chi connectivity index (χ3v) is 5.03. The Bertz CT molecular complexity index is 973. The molecule has 0 amide bonds. The third-order valence-electron chi connectivity index (χ3n) is 5.03. The number of hydrogen-bond donors (Lipinski definition) is 1. The van der Waals surface area contributed by atoms with Crippen molar-refractivity contribution in [2.75, 3.05) is 31.1 Å². The zero-order chi connectivity index (χ0) is 18.8. The van der Waals surface area contributed by atoms with Crippen molar-refractivity contribution in [3.05, 3.63) is 76.7 Å². The van der Waals surface area contributed by atoms with Crippen LogP contribution in [0.15, 0.2) is 59.7 Å². The number of benzene rings is 2. The molecule has 6 nitrogen and oxygen atoms in total. The molecule has 1 atom stereocenters. The van der Waals surface area contributed by atoms with E-state index >= 15 is 0 Å². The predicted molar refractivity (Wildman–Crippen MR) is 103 cm³/mol. The molecule has 7 heteroatoms. The van der Waals surface area contributed by atoms with Gasteiger partial charge in [-0.1, -0.05) is 18.2 Å². The standard InChI is InChI=1S/C20H22FN5O/c1-15(18-4-2-3-5-19(18)21)26-20(27)25(14-23-26)17-8-6-16(7-9-17)24-12-10-22-11-13-24/h2-9,14-15,22H,10-13H2,1H3. The monoisotopic (exact) mass is 367 g/mol.